The number of aromatic hydroxyl groups is 1. The minimum atomic E-state index is -0.00986. The molecule has 1 N–H and O–H groups in total. The predicted octanol–water partition coefficient (Wildman–Crippen LogP) is 1.49. The number of furan rings is 1. The van der Waals surface area contributed by atoms with E-state index in [1.165, 1.54) is 5.46 Å². The molecule has 4 nitrogen and oxygen atoms in total. The van der Waals surface area contributed by atoms with Crippen LogP contribution in [0.1, 0.15) is 11.3 Å². The number of benzene rings is 1. The molecular formula is C14H13BN2O2. The molecule has 0 aliphatic carbocycles. The molecule has 1 aromatic carbocycles. The van der Waals surface area contributed by atoms with Gasteiger partial charge in [-0.1, -0.05) is 19.0 Å². The van der Waals surface area contributed by atoms with Gasteiger partial charge >= 0.3 is 6.01 Å². The van der Waals surface area contributed by atoms with E-state index in [1.54, 1.807) is 4.57 Å². The third-order valence-corrected chi connectivity index (χ3v) is 4.20. The lowest BCUT2D eigenvalue weighted by atomic mass is 9.41. The van der Waals surface area contributed by atoms with E-state index in [1.807, 2.05) is 19.1 Å². The summed E-state index contributed by atoms with van der Waals surface area (Å²) in [7, 11) is 0. The van der Waals surface area contributed by atoms with Gasteiger partial charge in [-0.15, -0.1) is 0 Å². The lowest BCUT2D eigenvalue weighted by Crippen LogP contribution is -2.45. The van der Waals surface area contributed by atoms with Crippen LogP contribution in [0.4, 0.5) is 0 Å². The number of nitrogens with zero attached hydrogens (tertiary/aromatic N) is 2. The number of hydrogen-bond acceptors (Lipinski definition) is 3. The molecular weight excluding hydrogens is 239 g/mol. The fourth-order valence-electron chi connectivity index (χ4n) is 3.14. The molecule has 19 heavy (non-hydrogen) atoms. The van der Waals surface area contributed by atoms with Crippen molar-refractivity contribution in [3.05, 3.63) is 29.5 Å². The average Bonchev–Trinajstić information content (AvgIpc) is 2.85. The number of hydrogen-bond donors (Lipinski definition) is 1. The molecule has 0 atom stereocenters. The molecule has 0 bridgehead atoms. The van der Waals surface area contributed by atoms with Gasteiger partial charge in [0.15, 0.2) is 0 Å². The van der Waals surface area contributed by atoms with Crippen LogP contribution in [0.3, 0.4) is 0 Å². The smallest absolute Gasteiger partial charge is 0.301 e. The molecule has 0 radical (unpaired) electrons. The maximum atomic E-state index is 10.1. The summed E-state index contributed by atoms with van der Waals surface area (Å²) < 4.78 is 7.58. The van der Waals surface area contributed by atoms with Gasteiger partial charge in [0.2, 0.25) is 12.6 Å². The van der Waals surface area contributed by atoms with Gasteiger partial charge < -0.3 is 9.52 Å². The first-order chi connectivity index (χ1) is 9.09. The van der Waals surface area contributed by atoms with E-state index < -0.39 is 0 Å². The predicted molar refractivity (Wildman–Crippen MR) is 75.4 cm³/mol. The first kappa shape index (κ1) is 10.7. The van der Waals surface area contributed by atoms with Crippen LogP contribution in [-0.4, -0.2) is 21.4 Å². The molecule has 3 heterocycles. The van der Waals surface area contributed by atoms with Crippen molar-refractivity contribution in [1.29, 1.82) is 0 Å². The molecule has 0 saturated carbocycles. The van der Waals surface area contributed by atoms with Crippen molar-refractivity contribution in [3.8, 4) is 11.9 Å². The molecule has 0 fully saturated rings. The van der Waals surface area contributed by atoms with Gasteiger partial charge in [0.05, 0.1) is 11.0 Å². The molecule has 94 valence electrons. The van der Waals surface area contributed by atoms with Crippen LogP contribution in [0.2, 0.25) is 6.82 Å². The first-order valence-electron chi connectivity index (χ1n) is 6.40. The Morgan fingerprint density at radius 3 is 2.89 bits per heavy atom. The summed E-state index contributed by atoms with van der Waals surface area (Å²) in [5.74, 6) is 1.60. The second-order valence-electron chi connectivity index (χ2n) is 5.19. The van der Waals surface area contributed by atoms with E-state index in [-0.39, 0.29) is 12.7 Å². The summed E-state index contributed by atoms with van der Waals surface area (Å²) in [6.07, 6.45) is 0. The molecule has 0 spiro atoms. The Bertz CT molecular complexity index is 832. The third kappa shape index (κ3) is 1.13. The fraction of sp³-hybridized carbons (Fsp3) is 0.214. The first-order valence-corrected chi connectivity index (χ1v) is 6.40. The summed E-state index contributed by atoms with van der Waals surface area (Å²) >= 11 is 0. The van der Waals surface area contributed by atoms with Crippen molar-refractivity contribution in [2.75, 3.05) is 0 Å². The minimum absolute atomic E-state index is 0.00986. The Labute approximate surface area is 110 Å². The van der Waals surface area contributed by atoms with Crippen LogP contribution in [0.15, 0.2) is 22.6 Å². The fourth-order valence-corrected chi connectivity index (χ4v) is 3.14. The van der Waals surface area contributed by atoms with E-state index in [2.05, 4.69) is 24.8 Å². The normalized spacial score (nSPS) is 13.1. The summed E-state index contributed by atoms with van der Waals surface area (Å²) in [6.45, 7) is 6.44. The molecule has 0 amide bonds. The Morgan fingerprint density at radius 2 is 2.11 bits per heavy atom. The summed E-state index contributed by atoms with van der Waals surface area (Å²) in [5.41, 5.74) is 5.23. The highest BCUT2D eigenvalue weighted by atomic mass is 16.4. The van der Waals surface area contributed by atoms with Crippen molar-refractivity contribution in [3.63, 3.8) is 0 Å². The molecule has 1 aliphatic heterocycles. The average molecular weight is 252 g/mol. The van der Waals surface area contributed by atoms with Gasteiger partial charge in [-0.3, -0.25) is 0 Å². The van der Waals surface area contributed by atoms with Crippen molar-refractivity contribution in [2.45, 2.75) is 20.7 Å². The van der Waals surface area contributed by atoms with Crippen LogP contribution >= 0.6 is 0 Å². The highest BCUT2D eigenvalue weighted by Gasteiger charge is 2.34. The van der Waals surface area contributed by atoms with E-state index in [9.17, 15) is 5.11 Å². The molecule has 2 aromatic heterocycles. The van der Waals surface area contributed by atoms with Crippen molar-refractivity contribution in [2.24, 2.45) is 0 Å². The monoisotopic (exact) mass is 252 g/mol. The van der Waals surface area contributed by atoms with Crippen molar-refractivity contribution in [1.82, 2.24) is 9.55 Å². The van der Waals surface area contributed by atoms with Gasteiger partial charge in [-0.05, 0) is 36.4 Å². The number of aryl methyl sites for hydroxylation is 1. The SMILES string of the molecule is CB1c2c(oc(C)c2C)-n2c(O)nc3cccc1c32. The largest absolute Gasteiger partial charge is 0.480 e. The minimum Gasteiger partial charge on any atom is -0.480 e. The molecule has 4 rings (SSSR count). The number of fused-ring (bicyclic) bond motifs is 2. The quantitative estimate of drug-likeness (QED) is 0.617. The maximum Gasteiger partial charge on any atom is 0.301 e. The van der Waals surface area contributed by atoms with Crippen molar-refractivity contribution < 1.29 is 9.52 Å². The van der Waals surface area contributed by atoms with Gasteiger partial charge in [-0.2, -0.15) is 4.98 Å². The molecule has 0 unspecified atom stereocenters. The van der Waals surface area contributed by atoms with Crippen molar-refractivity contribution >= 4 is 28.7 Å². The number of aromatic nitrogens is 2. The lowest BCUT2D eigenvalue weighted by Gasteiger charge is -2.19. The third-order valence-electron chi connectivity index (χ3n) is 4.20. The van der Waals surface area contributed by atoms with E-state index >= 15 is 0 Å². The summed E-state index contributed by atoms with van der Waals surface area (Å²) in [4.78, 5) is 4.22. The Kier molecular flexibility index (Phi) is 1.83. The molecule has 0 saturated heterocycles. The second kappa shape index (κ2) is 3.23. The zero-order chi connectivity index (χ0) is 13.3. The standard InChI is InChI=1S/C14H13BN2O2/c1-7-8(2)19-13-11(7)15(3)9-5-4-6-10-12(9)17(13)14(18)16-10/h4-6H,1-3H3,(H,16,18). The van der Waals surface area contributed by atoms with E-state index in [4.69, 9.17) is 4.42 Å². The van der Waals surface area contributed by atoms with Gasteiger partial charge in [0.25, 0.3) is 0 Å². The van der Waals surface area contributed by atoms with Crippen LogP contribution in [-0.2, 0) is 0 Å². The van der Waals surface area contributed by atoms with Crippen LogP contribution in [0, 0.1) is 13.8 Å². The van der Waals surface area contributed by atoms with Crippen LogP contribution in [0.25, 0.3) is 16.9 Å². The summed E-state index contributed by atoms with van der Waals surface area (Å²) in [5, 5.41) is 10.1. The zero-order valence-corrected chi connectivity index (χ0v) is 11.1. The Morgan fingerprint density at radius 1 is 1.32 bits per heavy atom. The van der Waals surface area contributed by atoms with E-state index in [0.717, 1.165) is 27.8 Å². The highest BCUT2D eigenvalue weighted by molar-refractivity contribution is 6.87. The lowest BCUT2D eigenvalue weighted by molar-refractivity contribution is 0.408. The maximum absolute atomic E-state index is 10.1. The second-order valence-corrected chi connectivity index (χ2v) is 5.19. The number of rotatable bonds is 0. The topological polar surface area (TPSA) is 51.2 Å². The van der Waals surface area contributed by atoms with Crippen LogP contribution in [0.5, 0.6) is 6.01 Å². The number of imidazole rings is 1. The Balaban J connectivity index is 2.25. The van der Waals surface area contributed by atoms with Gasteiger partial charge in [0.1, 0.15) is 5.76 Å². The van der Waals surface area contributed by atoms with Gasteiger partial charge in [0, 0.05) is 0 Å². The zero-order valence-electron chi connectivity index (χ0n) is 11.1. The van der Waals surface area contributed by atoms with E-state index in [0.29, 0.717) is 5.88 Å². The number of para-hydroxylation sites is 1. The molecule has 3 aromatic rings. The van der Waals surface area contributed by atoms with Crippen LogP contribution < -0.4 is 10.9 Å². The summed E-state index contributed by atoms with van der Waals surface area (Å²) in [6, 6.07) is 5.98. The Hall–Kier alpha value is -2.17. The van der Waals surface area contributed by atoms with Gasteiger partial charge in [-0.25, -0.2) is 4.57 Å². The molecule has 5 heteroatoms. The highest BCUT2D eigenvalue weighted by Crippen LogP contribution is 2.29. The molecule has 1 aliphatic rings.